The van der Waals surface area contributed by atoms with Gasteiger partial charge in [0.15, 0.2) is 6.10 Å². The number of hydrogen-bond donors (Lipinski definition) is 6. The molecule has 6 N–H and O–H groups in total. The van der Waals surface area contributed by atoms with Crippen LogP contribution in [-0.4, -0.2) is 98.3 Å². The Labute approximate surface area is 368 Å². The number of hydrogen-bond acceptors (Lipinski definition) is 12. The summed E-state index contributed by atoms with van der Waals surface area (Å²) in [6, 6.07) is 0. The Morgan fingerprint density at radius 2 is 0.836 bits per heavy atom. The van der Waals surface area contributed by atoms with Gasteiger partial charge in [-0.25, -0.2) is 4.57 Å². The number of carbonyl (C=O) groups excluding carboxylic acids is 2. The molecule has 1 rings (SSSR count). The van der Waals surface area contributed by atoms with E-state index in [0.717, 1.165) is 64.2 Å². The second kappa shape index (κ2) is 37.7. The lowest BCUT2D eigenvalue weighted by Gasteiger charge is -2.41. The molecule has 0 bridgehead atoms. The number of rotatable bonds is 40. The maximum Gasteiger partial charge on any atom is 0.472 e. The molecule has 1 fully saturated rings. The van der Waals surface area contributed by atoms with E-state index in [2.05, 4.69) is 38.2 Å². The Balaban J connectivity index is 2.44. The Morgan fingerprint density at radius 1 is 0.492 bits per heavy atom. The van der Waals surface area contributed by atoms with Gasteiger partial charge in [0.2, 0.25) is 0 Å². The van der Waals surface area contributed by atoms with Crippen molar-refractivity contribution in [2.24, 2.45) is 0 Å². The maximum atomic E-state index is 12.8. The van der Waals surface area contributed by atoms with E-state index >= 15 is 0 Å². The number of phosphoric ester groups is 1. The Kier molecular flexibility index (Phi) is 35.4. The molecule has 0 amide bonds. The third-order valence-electron chi connectivity index (χ3n) is 11.3. The van der Waals surface area contributed by atoms with Gasteiger partial charge in [0.05, 0.1) is 6.61 Å². The minimum absolute atomic E-state index is 0.0928. The van der Waals surface area contributed by atoms with Gasteiger partial charge in [0.1, 0.15) is 43.2 Å². The van der Waals surface area contributed by atoms with E-state index in [0.29, 0.717) is 12.8 Å². The van der Waals surface area contributed by atoms with Crippen LogP contribution >= 0.6 is 7.82 Å². The molecule has 14 heteroatoms. The first kappa shape index (κ1) is 57.3. The summed E-state index contributed by atoms with van der Waals surface area (Å²) in [6.07, 6.45) is 27.9. The second-order valence-electron chi connectivity index (χ2n) is 17.0. The fourth-order valence-electron chi connectivity index (χ4n) is 7.34. The quantitative estimate of drug-likeness (QED) is 0.0147. The Bertz CT molecular complexity index is 1170. The molecule has 1 aliphatic rings. The van der Waals surface area contributed by atoms with Crippen molar-refractivity contribution < 1.29 is 63.1 Å². The van der Waals surface area contributed by atoms with E-state index < -0.39 is 75.7 Å². The SMILES string of the molecule is CCCCCCC=CCCCCCCCCCC(=O)OCC(COP(=O)(O)OC1C(O)C(O)C(O)C(O)C1O)OC(=O)CCCCCCCCCC=CCCCCCCCC. The minimum Gasteiger partial charge on any atom is -0.462 e. The number of esters is 2. The molecule has 1 saturated carbocycles. The summed E-state index contributed by atoms with van der Waals surface area (Å²) in [5.41, 5.74) is 0. The van der Waals surface area contributed by atoms with Crippen LogP contribution in [0.4, 0.5) is 0 Å². The summed E-state index contributed by atoms with van der Waals surface area (Å²) in [5, 5.41) is 50.2. The third-order valence-corrected chi connectivity index (χ3v) is 12.3. The second-order valence-corrected chi connectivity index (χ2v) is 18.4. The van der Waals surface area contributed by atoms with Gasteiger partial charge >= 0.3 is 19.8 Å². The highest BCUT2D eigenvalue weighted by Gasteiger charge is 2.51. The first-order valence-electron chi connectivity index (χ1n) is 24.1. The largest absolute Gasteiger partial charge is 0.472 e. The molecule has 0 heterocycles. The normalized spacial score (nSPS) is 22.2. The molecule has 0 radical (unpaired) electrons. The molecule has 0 aromatic heterocycles. The first-order valence-corrected chi connectivity index (χ1v) is 25.6. The predicted octanol–water partition coefficient (Wildman–Crippen LogP) is 9.62. The van der Waals surface area contributed by atoms with Gasteiger partial charge < -0.3 is 39.9 Å². The number of phosphoric acid groups is 1. The molecule has 1 aliphatic carbocycles. The topological polar surface area (TPSA) is 210 Å². The van der Waals surface area contributed by atoms with Crippen LogP contribution in [0, 0.1) is 0 Å². The molecule has 13 nitrogen and oxygen atoms in total. The van der Waals surface area contributed by atoms with Gasteiger partial charge in [-0.15, -0.1) is 0 Å². The van der Waals surface area contributed by atoms with Crippen LogP contribution in [0.1, 0.15) is 206 Å². The minimum atomic E-state index is -5.12. The molecular weight excluding hydrogens is 803 g/mol. The molecule has 6 atom stereocenters. The maximum absolute atomic E-state index is 12.8. The van der Waals surface area contributed by atoms with Crippen LogP contribution in [0.2, 0.25) is 0 Å². The van der Waals surface area contributed by atoms with Crippen LogP contribution in [-0.2, 0) is 32.7 Å². The summed E-state index contributed by atoms with van der Waals surface area (Å²) in [7, 11) is -5.12. The number of aliphatic hydroxyl groups is 5. The first-order chi connectivity index (χ1) is 29.4. The van der Waals surface area contributed by atoms with Crippen molar-refractivity contribution in [2.75, 3.05) is 13.2 Å². The molecule has 0 aromatic rings. The fraction of sp³-hybridized carbons (Fsp3) is 0.872. The average Bonchev–Trinajstić information content (AvgIpc) is 3.24. The van der Waals surface area contributed by atoms with Crippen molar-refractivity contribution >= 4 is 19.8 Å². The number of allylic oxidation sites excluding steroid dienone is 4. The molecule has 6 unspecified atom stereocenters. The third kappa shape index (κ3) is 30.2. The molecular formula is C47H87O13P. The van der Waals surface area contributed by atoms with Crippen molar-refractivity contribution in [2.45, 2.75) is 249 Å². The van der Waals surface area contributed by atoms with E-state index in [1.54, 1.807) is 0 Å². The van der Waals surface area contributed by atoms with Crippen molar-refractivity contribution in [3.8, 4) is 0 Å². The number of carbonyl (C=O) groups is 2. The summed E-state index contributed by atoms with van der Waals surface area (Å²) >= 11 is 0. The lowest BCUT2D eigenvalue weighted by Crippen LogP contribution is -2.64. The van der Waals surface area contributed by atoms with Gasteiger partial charge in [0.25, 0.3) is 0 Å². The number of unbranched alkanes of at least 4 members (excludes halogenated alkanes) is 24. The molecule has 358 valence electrons. The van der Waals surface area contributed by atoms with Gasteiger partial charge in [-0.1, -0.05) is 154 Å². The Morgan fingerprint density at radius 3 is 1.26 bits per heavy atom. The molecule has 0 spiro atoms. The van der Waals surface area contributed by atoms with Gasteiger partial charge in [-0.3, -0.25) is 18.6 Å². The lowest BCUT2D eigenvalue weighted by atomic mass is 9.85. The average molecular weight is 891 g/mol. The van der Waals surface area contributed by atoms with Crippen LogP contribution in [0.5, 0.6) is 0 Å². The summed E-state index contributed by atoms with van der Waals surface area (Å²) < 4.78 is 33.6. The highest BCUT2D eigenvalue weighted by Crippen LogP contribution is 2.47. The van der Waals surface area contributed by atoms with E-state index in [-0.39, 0.29) is 12.8 Å². The zero-order chi connectivity index (χ0) is 45.0. The standard InChI is InChI=1S/C47H87O13P/c1-3-5-7-9-11-13-15-17-19-20-22-24-26-28-30-32-34-36-41(49)59-39(38-58-61(55,56)60-47-45(53)43(51)42(50)44(52)46(47)54)37-57-40(48)35-33-31-29-27-25-23-21-18-16-14-12-10-8-6-4-2/h14,16-17,19,39,42-47,50-54H,3-13,15,18,20-38H2,1-2H3,(H,55,56). The van der Waals surface area contributed by atoms with Crippen molar-refractivity contribution in [3.63, 3.8) is 0 Å². The number of aliphatic hydroxyl groups excluding tert-OH is 5. The number of ether oxygens (including phenoxy) is 2. The highest BCUT2D eigenvalue weighted by molar-refractivity contribution is 7.47. The van der Waals surface area contributed by atoms with Gasteiger partial charge in [-0.2, -0.15) is 0 Å². The van der Waals surface area contributed by atoms with E-state index in [9.17, 15) is 44.6 Å². The molecule has 0 aromatic carbocycles. The monoisotopic (exact) mass is 891 g/mol. The molecule has 0 saturated heterocycles. The zero-order valence-corrected chi connectivity index (χ0v) is 38.9. The summed E-state index contributed by atoms with van der Waals surface area (Å²) in [5.74, 6) is -1.10. The van der Waals surface area contributed by atoms with Crippen molar-refractivity contribution in [1.82, 2.24) is 0 Å². The van der Waals surface area contributed by atoms with E-state index in [1.807, 2.05) is 0 Å². The van der Waals surface area contributed by atoms with Crippen LogP contribution in [0.3, 0.4) is 0 Å². The fourth-order valence-corrected chi connectivity index (χ4v) is 8.31. The van der Waals surface area contributed by atoms with E-state index in [4.69, 9.17) is 18.5 Å². The van der Waals surface area contributed by atoms with Crippen molar-refractivity contribution in [1.29, 1.82) is 0 Å². The molecule has 61 heavy (non-hydrogen) atoms. The van der Waals surface area contributed by atoms with Crippen LogP contribution < -0.4 is 0 Å². The van der Waals surface area contributed by atoms with Crippen molar-refractivity contribution in [3.05, 3.63) is 24.3 Å². The van der Waals surface area contributed by atoms with Crippen LogP contribution in [0.15, 0.2) is 24.3 Å². The lowest BCUT2D eigenvalue weighted by molar-refractivity contribution is -0.220. The van der Waals surface area contributed by atoms with Gasteiger partial charge in [-0.05, 0) is 64.2 Å². The zero-order valence-electron chi connectivity index (χ0n) is 38.0. The summed E-state index contributed by atoms with van der Waals surface area (Å²) in [4.78, 5) is 35.7. The molecule has 0 aliphatic heterocycles. The Hall–Kier alpha value is -1.67. The summed E-state index contributed by atoms with van der Waals surface area (Å²) in [6.45, 7) is 3.29. The smallest absolute Gasteiger partial charge is 0.462 e. The highest BCUT2D eigenvalue weighted by atomic mass is 31.2. The van der Waals surface area contributed by atoms with Gasteiger partial charge in [0, 0.05) is 12.8 Å². The van der Waals surface area contributed by atoms with Crippen LogP contribution in [0.25, 0.3) is 0 Å². The van der Waals surface area contributed by atoms with E-state index in [1.165, 1.54) is 103 Å². The predicted molar refractivity (Wildman–Crippen MR) is 240 cm³/mol.